The van der Waals surface area contributed by atoms with Gasteiger partial charge in [0.15, 0.2) is 22.4 Å². The molecule has 0 aliphatic carbocycles. The second-order valence-corrected chi connectivity index (χ2v) is 24.9. The van der Waals surface area contributed by atoms with Crippen molar-refractivity contribution in [1.82, 2.24) is 5.32 Å². The maximum absolute atomic E-state index is 13.0. The quantitative estimate of drug-likeness (QED) is 0.117. The fraction of sp³-hybridized carbons (Fsp3) is 0.879. The number of alkyl carbamates (subject to hydrolysis) is 1. The fourth-order valence-electron chi connectivity index (χ4n) is 5.54. The van der Waals surface area contributed by atoms with E-state index < -0.39 is 46.1 Å². The molecule has 1 amide bonds. The summed E-state index contributed by atoms with van der Waals surface area (Å²) in [5, 5.41) is 2.77. The monoisotopic (exact) mass is 673 g/mol. The minimum absolute atomic E-state index is 0.0370. The van der Waals surface area contributed by atoms with Crippen molar-refractivity contribution in [2.24, 2.45) is 0 Å². The minimum Gasteiger partial charge on any atom is -0.467 e. The van der Waals surface area contributed by atoms with Gasteiger partial charge in [-0.3, -0.25) is 0 Å². The van der Waals surface area contributed by atoms with Crippen molar-refractivity contribution < 1.29 is 42.1 Å². The Hall–Kier alpha value is -1.29. The van der Waals surface area contributed by atoms with Gasteiger partial charge < -0.3 is 37.9 Å². The predicted octanol–water partition coefficient (Wildman–Crippen LogP) is 7.09. The van der Waals surface area contributed by atoms with Gasteiger partial charge in [0.1, 0.15) is 30.0 Å². The van der Waals surface area contributed by atoms with E-state index in [9.17, 15) is 9.59 Å². The molecule has 0 unspecified atom stereocenters. The van der Waals surface area contributed by atoms with Crippen molar-refractivity contribution in [3.05, 3.63) is 11.6 Å². The lowest BCUT2D eigenvalue weighted by Crippen LogP contribution is -2.57. The van der Waals surface area contributed by atoms with E-state index in [1.165, 1.54) is 7.11 Å². The molecule has 2 fully saturated rings. The lowest BCUT2D eigenvalue weighted by molar-refractivity contribution is -0.156. The first-order valence-corrected chi connectivity index (χ1v) is 22.1. The third-order valence-corrected chi connectivity index (χ3v) is 18.6. The number of ether oxygens (including phenoxy) is 5. The summed E-state index contributed by atoms with van der Waals surface area (Å²) in [6.45, 7) is 27.6. The first-order valence-electron chi connectivity index (χ1n) is 16.7. The Bertz CT molecular complexity index is 1010. The number of methoxy groups -OCH3 is 1. The Balaban J connectivity index is 2.47. The molecule has 12 heteroatoms. The van der Waals surface area contributed by atoms with E-state index in [2.05, 4.69) is 60.0 Å². The van der Waals surface area contributed by atoms with Crippen LogP contribution >= 0.6 is 0 Å². The number of nitrogens with one attached hydrogen (secondary N) is 1. The molecule has 0 radical (unpaired) electrons. The van der Waals surface area contributed by atoms with Gasteiger partial charge in [0.2, 0.25) is 0 Å². The normalized spacial score (nSPS) is 25.0. The standard InChI is InChI=1S/C33H63NO9Si2/c1-15-45(16-2,17-3)43-28-25(38-22-26-27(28)41-33(10,11)40-26)21-23(18-19-39-44(13,14)32(7,8)9)20-24(29(35)37-12)34-30(36)42-31(4,5)6/h18,24-28H,15-17,19-22H2,1-14H3,(H,34,36)/b23-18+/t24-,25+,26+,27+,28-/m0/s1. The van der Waals surface area contributed by atoms with Gasteiger partial charge in [0.05, 0.1) is 26.4 Å². The Morgan fingerprint density at radius 2 is 1.62 bits per heavy atom. The number of fused-ring (bicyclic) bond motifs is 1. The van der Waals surface area contributed by atoms with Gasteiger partial charge in [0, 0.05) is 0 Å². The summed E-state index contributed by atoms with van der Waals surface area (Å²) in [4.78, 5) is 25.7. The van der Waals surface area contributed by atoms with Gasteiger partial charge in [0.25, 0.3) is 0 Å². The van der Waals surface area contributed by atoms with Gasteiger partial charge in [-0.1, -0.05) is 53.2 Å². The molecule has 0 aromatic rings. The molecule has 0 aromatic heterocycles. The van der Waals surface area contributed by atoms with Crippen LogP contribution in [0.5, 0.6) is 0 Å². The summed E-state index contributed by atoms with van der Waals surface area (Å²) < 4.78 is 43.4. The lowest BCUT2D eigenvalue weighted by atomic mass is 9.92. The smallest absolute Gasteiger partial charge is 0.408 e. The molecule has 5 atom stereocenters. The highest BCUT2D eigenvalue weighted by molar-refractivity contribution is 6.74. The van der Waals surface area contributed by atoms with E-state index >= 15 is 0 Å². The van der Waals surface area contributed by atoms with Crippen molar-refractivity contribution in [2.45, 2.75) is 167 Å². The van der Waals surface area contributed by atoms with E-state index in [0.717, 1.165) is 23.7 Å². The van der Waals surface area contributed by atoms with E-state index in [0.29, 0.717) is 19.6 Å². The van der Waals surface area contributed by atoms with Crippen molar-refractivity contribution in [1.29, 1.82) is 0 Å². The Morgan fingerprint density at radius 3 is 2.13 bits per heavy atom. The first kappa shape index (κ1) is 39.9. The van der Waals surface area contributed by atoms with Crippen LogP contribution in [0.4, 0.5) is 4.79 Å². The van der Waals surface area contributed by atoms with Crippen LogP contribution in [0.15, 0.2) is 11.6 Å². The van der Waals surface area contributed by atoms with Crippen LogP contribution in [0.2, 0.25) is 36.3 Å². The Labute approximate surface area is 274 Å². The van der Waals surface area contributed by atoms with E-state index in [-0.39, 0.29) is 35.9 Å². The average Bonchev–Trinajstić information content (AvgIpc) is 3.24. The maximum atomic E-state index is 13.0. The summed E-state index contributed by atoms with van der Waals surface area (Å²) in [6, 6.07) is 1.99. The molecule has 1 N–H and O–H groups in total. The van der Waals surface area contributed by atoms with Gasteiger partial charge in [-0.05, 0) is 83.7 Å². The van der Waals surface area contributed by atoms with Crippen molar-refractivity contribution >= 4 is 28.7 Å². The van der Waals surface area contributed by atoms with Crippen molar-refractivity contribution in [2.75, 3.05) is 20.3 Å². The number of rotatable bonds is 14. The van der Waals surface area contributed by atoms with Crippen molar-refractivity contribution in [3.8, 4) is 0 Å². The summed E-state index contributed by atoms with van der Waals surface area (Å²) in [6.07, 6.45) is 0.797. The third-order valence-electron chi connectivity index (χ3n) is 9.43. The molecule has 0 spiro atoms. The molecule has 0 bridgehead atoms. The summed E-state index contributed by atoms with van der Waals surface area (Å²) in [5.41, 5.74) is 0.176. The largest absolute Gasteiger partial charge is 0.467 e. The molecule has 45 heavy (non-hydrogen) atoms. The van der Waals surface area contributed by atoms with Crippen LogP contribution in [-0.2, 0) is 37.3 Å². The SMILES string of the molecule is CC[Si](CC)(CC)O[C@@H]1[C@@H]2OC(C)(C)O[C@@H]2CO[C@@H]1C/C(=C/CO[Si](C)(C)C(C)(C)C)C[C@H](NC(=O)OC(C)(C)C)C(=O)OC. The van der Waals surface area contributed by atoms with E-state index in [4.69, 9.17) is 32.5 Å². The van der Waals surface area contributed by atoms with Gasteiger partial charge in [-0.15, -0.1) is 0 Å². The molecule has 2 saturated heterocycles. The highest BCUT2D eigenvalue weighted by Crippen LogP contribution is 2.40. The molecule has 2 heterocycles. The maximum Gasteiger partial charge on any atom is 0.408 e. The zero-order valence-electron chi connectivity index (χ0n) is 30.6. The number of hydrogen-bond acceptors (Lipinski definition) is 9. The average molecular weight is 674 g/mol. The number of esters is 1. The van der Waals surface area contributed by atoms with Crippen LogP contribution in [0, 0.1) is 0 Å². The van der Waals surface area contributed by atoms with Gasteiger partial charge >= 0.3 is 12.1 Å². The van der Waals surface area contributed by atoms with Crippen LogP contribution in [0.25, 0.3) is 0 Å². The zero-order valence-corrected chi connectivity index (χ0v) is 32.6. The predicted molar refractivity (Wildman–Crippen MR) is 181 cm³/mol. The zero-order chi connectivity index (χ0) is 34.4. The highest BCUT2D eigenvalue weighted by atomic mass is 28.4. The van der Waals surface area contributed by atoms with Gasteiger partial charge in [-0.25, -0.2) is 9.59 Å². The molecule has 0 aromatic carbocycles. The van der Waals surface area contributed by atoms with Crippen LogP contribution in [-0.4, -0.2) is 90.9 Å². The Morgan fingerprint density at radius 1 is 1.02 bits per heavy atom. The van der Waals surface area contributed by atoms with E-state index in [1.807, 2.05) is 19.9 Å². The second kappa shape index (κ2) is 15.7. The summed E-state index contributed by atoms with van der Waals surface area (Å²) in [7, 11) is -2.82. The first-order chi connectivity index (χ1) is 20.6. The Kier molecular flexibility index (Phi) is 14.0. The van der Waals surface area contributed by atoms with Crippen molar-refractivity contribution in [3.63, 3.8) is 0 Å². The minimum atomic E-state index is -2.08. The molecule has 2 aliphatic heterocycles. The molecule has 10 nitrogen and oxygen atoms in total. The highest BCUT2D eigenvalue weighted by Gasteiger charge is 2.53. The molecular weight excluding hydrogens is 611 g/mol. The molecule has 262 valence electrons. The van der Waals surface area contributed by atoms with Crippen LogP contribution < -0.4 is 5.32 Å². The van der Waals surface area contributed by atoms with Crippen LogP contribution in [0.3, 0.4) is 0 Å². The van der Waals surface area contributed by atoms with E-state index in [1.54, 1.807) is 20.8 Å². The molecule has 2 rings (SSSR count). The fourth-order valence-corrected chi connectivity index (χ4v) is 9.34. The number of amides is 1. The third kappa shape index (κ3) is 11.4. The second-order valence-electron chi connectivity index (χ2n) is 15.4. The molecule has 0 saturated carbocycles. The number of carbonyl (C=O) groups is 2. The molecular formula is C33H63NO9Si2. The summed E-state index contributed by atoms with van der Waals surface area (Å²) in [5.74, 6) is -1.30. The number of carbonyl (C=O) groups excluding carboxylic acids is 2. The topological polar surface area (TPSA) is 111 Å². The van der Waals surface area contributed by atoms with Crippen LogP contribution in [0.1, 0.15) is 89.0 Å². The molecule has 2 aliphatic rings. The lowest BCUT2D eigenvalue weighted by Gasteiger charge is -2.43. The number of hydrogen-bond donors (Lipinski definition) is 1. The summed E-state index contributed by atoms with van der Waals surface area (Å²) >= 11 is 0. The van der Waals surface area contributed by atoms with Gasteiger partial charge in [-0.2, -0.15) is 0 Å².